The van der Waals surface area contributed by atoms with Gasteiger partial charge in [0.15, 0.2) is 0 Å². The lowest BCUT2D eigenvalue weighted by atomic mass is 9.83. The van der Waals surface area contributed by atoms with E-state index in [0.29, 0.717) is 25.8 Å². The molecule has 2 atom stereocenters. The predicted molar refractivity (Wildman–Crippen MR) is 83.1 cm³/mol. The largest absolute Gasteiger partial charge is 0.508 e. The maximum atomic E-state index is 10.7. The summed E-state index contributed by atoms with van der Waals surface area (Å²) in [4.78, 5) is 0. The van der Waals surface area contributed by atoms with Gasteiger partial charge in [0, 0.05) is 0 Å². The number of halogens is 1. The molecular weight excluding hydrogens is 290 g/mol. The summed E-state index contributed by atoms with van der Waals surface area (Å²) >= 11 is 6.02. The lowest BCUT2D eigenvalue weighted by molar-refractivity contribution is -0.0241. The van der Waals surface area contributed by atoms with Gasteiger partial charge in [0.2, 0.25) is 0 Å². The first-order valence-corrected chi connectivity index (χ1v) is 7.29. The van der Waals surface area contributed by atoms with Crippen LogP contribution < -0.4 is 5.73 Å². The number of phenolic OH excluding ortho intramolecular Hbond substituents is 1. The molecular formula is C16H20ClNO3. The van der Waals surface area contributed by atoms with Gasteiger partial charge >= 0.3 is 0 Å². The molecule has 2 rings (SSSR count). The quantitative estimate of drug-likeness (QED) is 0.668. The average Bonchev–Trinajstić information content (AvgIpc) is 2.43. The summed E-state index contributed by atoms with van der Waals surface area (Å²) in [6, 6.07) is 6.84. The van der Waals surface area contributed by atoms with E-state index in [1.165, 1.54) is 0 Å². The van der Waals surface area contributed by atoms with Gasteiger partial charge < -0.3 is 21.1 Å². The Bertz CT molecular complexity index is 570. The minimum atomic E-state index is -1.41. The molecule has 0 fully saturated rings. The Kier molecular flexibility index (Phi) is 5.06. The highest BCUT2D eigenvalue weighted by Crippen LogP contribution is 2.33. The van der Waals surface area contributed by atoms with Crippen LogP contribution in [0, 0.1) is 0 Å². The Morgan fingerprint density at radius 2 is 2.05 bits per heavy atom. The molecule has 0 aromatic heterocycles. The Morgan fingerprint density at radius 3 is 2.71 bits per heavy atom. The number of aliphatic hydroxyl groups excluding tert-OH is 1. The molecule has 0 amide bonds. The highest BCUT2D eigenvalue weighted by Gasteiger charge is 2.37. The van der Waals surface area contributed by atoms with Crippen molar-refractivity contribution in [2.24, 2.45) is 5.73 Å². The monoisotopic (exact) mass is 309 g/mol. The maximum Gasteiger partial charge on any atom is 0.122 e. The van der Waals surface area contributed by atoms with E-state index in [-0.39, 0.29) is 10.8 Å². The summed E-state index contributed by atoms with van der Waals surface area (Å²) in [7, 11) is 0. The second-order valence-corrected chi connectivity index (χ2v) is 5.79. The molecule has 21 heavy (non-hydrogen) atoms. The van der Waals surface area contributed by atoms with Crippen LogP contribution in [0.2, 0.25) is 0 Å². The standard InChI is InChI=1S/C16H20ClNO3/c17-14-9-12(5-7-18)10-16(21,15(14)20)6-4-11-2-1-3-13(19)8-11/h1-3,8-10,15,19-21H,4-7,18H2. The highest BCUT2D eigenvalue weighted by atomic mass is 35.5. The molecule has 0 radical (unpaired) electrons. The van der Waals surface area contributed by atoms with Gasteiger partial charge in [-0.1, -0.05) is 23.7 Å². The first-order chi connectivity index (χ1) is 9.94. The molecule has 4 nitrogen and oxygen atoms in total. The van der Waals surface area contributed by atoms with E-state index in [0.717, 1.165) is 11.1 Å². The molecule has 1 aliphatic carbocycles. The van der Waals surface area contributed by atoms with Crippen molar-refractivity contribution in [3.63, 3.8) is 0 Å². The third-order valence-electron chi connectivity index (χ3n) is 3.65. The number of nitrogens with two attached hydrogens (primary N) is 1. The Morgan fingerprint density at radius 1 is 1.29 bits per heavy atom. The topological polar surface area (TPSA) is 86.7 Å². The van der Waals surface area contributed by atoms with Crippen LogP contribution in [0.3, 0.4) is 0 Å². The van der Waals surface area contributed by atoms with Gasteiger partial charge in [-0.15, -0.1) is 0 Å². The first-order valence-electron chi connectivity index (χ1n) is 6.92. The van der Waals surface area contributed by atoms with Crippen LogP contribution in [0.4, 0.5) is 0 Å². The molecule has 1 aromatic carbocycles. The van der Waals surface area contributed by atoms with Crippen LogP contribution in [0.1, 0.15) is 18.4 Å². The summed E-state index contributed by atoms with van der Waals surface area (Å²) < 4.78 is 0. The van der Waals surface area contributed by atoms with E-state index in [1.54, 1.807) is 30.4 Å². The van der Waals surface area contributed by atoms with Crippen LogP contribution in [0.5, 0.6) is 5.75 Å². The third-order valence-corrected chi connectivity index (χ3v) is 3.97. The van der Waals surface area contributed by atoms with Gasteiger partial charge in [-0.2, -0.15) is 0 Å². The fraction of sp³-hybridized carbons (Fsp3) is 0.375. The van der Waals surface area contributed by atoms with Crippen molar-refractivity contribution in [2.75, 3.05) is 6.54 Å². The van der Waals surface area contributed by atoms with Gasteiger partial charge in [0.25, 0.3) is 0 Å². The van der Waals surface area contributed by atoms with Crippen molar-refractivity contribution in [3.05, 3.63) is 52.6 Å². The van der Waals surface area contributed by atoms with Crippen molar-refractivity contribution in [1.29, 1.82) is 0 Å². The van der Waals surface area contributed by atoms with Crippen LogP contribution in [0.15, 0.2) is 47.0 Å². The number of aryl methyl sites for hydroxylation is 1. The molecule has 1 aromatic rings. The maximum absolute atomic E-state index is 10.7. The number of rotatable bonds is 5. The smallest absolute Gasteiger partial charge is 0.122 e. The summed E-state index contributed by atoms with van der Waals surface area (Å²) in [5.74, 6) is 0.181. The van der Waals surface area contributed by atoms with Crippen LogP contribution in [0.25, 0.3) is 0 Å². The molecule has 0 aliphatic heterocycles. The van der Waals surface area contributed by atoms with E-state index < -0.39 is 11.7 Å². The Labute approximate surface area is 129 Å². The van der Waals surface area contributed by atoms with Crippen LogP contribution in [-0.4, -0.2) is 33.6 Å². The van der Waals surface area contributed by atoms with Crippen LogP contribution in [-0.2, 0) is 6.42 Å². The number of phenols is 1. The SMILES string of the molecule is NCCC1=CC(O)(CCc2cccc(O)c2)C(O)C(Cl)=C1. The second kappa shape index (κ2) is 6.62. The average molecular weight is 310 g/mol. The normalized spacial score (nSPS) is 25.4. The summed E-state index contributed by atoms with van der Waals surface area (Å²) in [6.45, 7) is 0.450. The summed E-state index contributed by atoms with van der Waals surface area (Å²) in [5.41, 5.74) is 5.82. The highest BCUT2D eigenvalue weighted by molar-refractivity contribution is 6.30. The van der Waals surface area contributed by atoms with Gasteiger partial charge in [0.1, 0.15) is 17.5 Å². The van der Waals surface area contributed by atoms with Gasteiger partial charge in [-0.25, -0.2) is 0 Å². The molecule has 2 unspecified atom stereocenters. The molecule has 0 saturated carbocycles. The Hall–Kier alpha value is -1.33. The molecule has 0 saturated heterocycles. The predicted octanol–water partition coefficient (Wildman–Crippen LogP) is 1.83. The zero-order valence-corrected chi connectivity index (χ0v) is 12.4. The van der Waals surface area contributed by atoms with E-state index in [2.05, 4.69) is 0 Å². The fourth-order valence-electron chi connectivity index (χ4n) is 2.51. The second-order valence-electron chi connectivity index (χ2n) is 5.35. The molecule has 5 heteroatoms. The first kappa shape index (κ1) is 16.0. The summed E-state index contributed by atoms with van der Waals surface area (Å²) in [5, 5.41) is 30.5. The molecule has 1 aliphatic rings. The lowest BCUT2D eigenvalue weighted by Gasteiger charge is -2.34. The molecule has 0 bridgehead atoms. The van der Waals surface area contributed by atoms with Gasteiger partial charge in [-0.3, -0.25) is 0 Å². The molecule has 5 N–H and O–H groups in total. The zero-order valence-electron chi connectivity index (χ0n) is 11.7. The minimum absolute atomic E-state index is 0.181. The van der Waals surface area contributed by atoms with Gasteiger partial charge in [0.05, 0.1) is 5.03 Å². The number of allylic oxidation sites excluding steroid dienone is 1. The fourth-order valence-corrected chi connectivity index (χ4v) is 2.84. The van der Waals surface area contributed by atoms with Crippen LogP contribution >= 0.6 is 11.6 Å². The lowest BCUT2D eigenvalue weighted by Crippen LogP contribution is -2.43. The number of aromatic hydroxyl groups is 1. The molecule has 0 heterocycles. The number of benzene rings is 1. The number of hydrogen-bond acceptors (Lipinski definition) is 4. The van der Waals surface area contributed by atoms with Crippen molar-refractivity contribution in [2.45, 2.75) is 31.0 Å². The zero-order chi connectivity index (χ0) is 15.5. The van der Waals surface area contributed by atoms with Crippen molar-refractivity contribution < 1.29 is 15.3 Å². The van der Waals surface area contributed by atoms with Gasteiger partial charge in [-0.05, 0) is 61.2 Å². The van der Waals surface area contributed by atoms with E-state index in [9.17, 15) is 15.3 Å². The third kappa shape index (κ3) is 3.86. The van der Waals surface area contributed by atoms with E-state index in [1.807, 2.05) is 6.07 Å². The number of aliphatic hydroxyl groups is 2. The molecule has 114 valence electrons. The Balaban J connectivity index is 2.14. The summed E-state index contributed by atoms with van der Waals surface area (Å²) in [6.07, 6.45) is 3.56. The molecule has 0 spiro atoms. The van der Waals surface area contributed by atoms with Crippen molar-refractivity contribution in [1.82, 2.24) is 0 Å². The van der Waals surface area contributed by atoms with Crippen molar-refractivity contribution in [3.8, 4) is 5.75 Å². The van der Waals surface area contributed by atoms with E-state index in [4.69, 9.17) is 17.3 Å². The van der Waals surface area contributed by atoms with E-state index >= 15 is 0 Å². The van der Waals surface area contributed by atoms with Crippen molar-refractivity contribution >= 4 is 11.6 Å². The minimum Gasteiger partial charge on any atom is -0.508 e. The number of hydrogen-bond donors (Lipinski definition) is 4.